The number of halogens is 3. The molecule has 5 nitrogen and oxygen atoms in total. The van der Waals surface area contributed by atoms with E-state index in [1.165, 1.54) is 6.08 Å². The number of carboxylic acids is 1. The molecule has 2 N–H and O–H groups in total. The Morgan fingerprint density at radius 1 is 1.15 bits per heavy atom. The van der Waals surface area contributed by atoms with Crippen molar-refractivity contribution < 1.29 is 37.5 Å². The molecule has 1 aliphatic rings. The number of aromatic carboxylic acids is 1. The summed E-state index contributed by atoms with van der Waals surface area (Å²) in [5, 5.41) is 18.7. The number of aliphatic hydroxyl groups excluding tert-OH is 1. The van der Waals surface area contributed by atoms with Crippen molar-refractivity contribution in [1.82, 2.24) is 0 Å². The van der Waals surface area contributed by atoms with Gasteiger partial charge >= 0.3 is 19.3 Å². The van der Waals surface area contributed by atoms with Crippen LogP contribution >= 0.6 is 0 Å². The fourth-order valence-corrected chi connectivity index (χ4v) is 2.42. The highest BCUT2D eigenvalue weighted by Gasteiger charge is 2.52. The minimum Gasteiger partial charge on any atom is -0.478 e. The summed E-state index contributed by atoms with van der Waals surface area (Å²) in [6.45, 7) is 6.68. The zero-order chi connectivity index (χ0) is 19.9. The van der Waals surface area contributed by atoms with Gasteiger partial charge in [-0.2, -0.15) is 13.2 Å². The van der Waals surface area contributed by atoms with Crippen LogP contribution in [0.25, 0.3) is 6.08 Å². The standard InChI is InChI=1S/C17H20BF3O5/c1-15(2)16(3,4)26-18(25-15)13(9-22)7-10-5-11(14(23)24)8-12(6-10)17(19,20)21/h5-8,22H,9H2,1-4H3,(H,23,24). The molecule has 0 amide bonds. The molecule has 0 bridgehead atoms. The van der Waals surface area contributed by atoms with Gasteiger partial charge in [-0.25, -0.2) is 4.79 Å². The van der Waals surface area contributed by atoms with Crippen molar-refractivity contribution in [3.8, 4) is 0 Å². The number of carbonyl (C=O) groups is 1. The Kier molecular flexibility index (Phi) is 5.29. The van der Waals surface area contributed by atoms with Gasteiger partial charge in [-0.1, -0.05) is 6.08 Å². The number of hydrogen-bond donors (Lipinski definition) is 2. The van der Waals surface area contributed by atoms with E-state index >= 15 is 0 Å². The van der Waals surface area contributed by atoms with E-state index in [4.69, 9.17) is 14.4 Å². The quantitative estimate of drug-likeness (QED) is 0.793. The second kappa shape index (κ2) is 6.72. The summed E-state index contributed by atoms with van der Waals surface area (Å²) in [6, 6.07) is 2.47. The van der Waals surface area contributed by atoms with Crippen molar-refractivity contribution in [2.24, 2.45) is 0 Å². The van der Waals surface area contributed by atoms with E-state index in [-0.39, 0.29) is 11.0 Å². The van der Waals surface area contributed by atoms with E-state index in [0.717, 1.165) is 12.1 Å². The zero-order valence-corrected chi connectivity index (χ0v) is 14.8. The Balaban J connectivity index is 2.46. The Morgan fingerprint density at radius 3 is 2.12 bits per heavy atom. The number of hydrogen-bond acceptors (Lipinski definition) is 4. The molecule has 1 aromatic carbocycles. The number of benzene rings is 1. The highest BCUT2D eigenvalue weighted by Crippen LogP contribution is 2.39. The summed E-state index contributed by atoms with van der Waals surface area (Å²) in [6.07, 6.45) is -3.44. The third kappa shape index (κ3) is 4.11. The highest BCUT2D eigenvalue weighted by molar-refractivity contribution is 6.55. The van der Waals surface area contributed by atoms with Gasteiger partial charge in [0.2, 0.25) is 0 Å². The SMILES string of the molecule is CC1(C)OB(C(=Cc2cc(C(=O)O)cc(C(F)(F)F)c2)CO)OC1(C)C. The van der Waals surface area contributed by atoms with Crippen LogP contribution < -0.4 is 0 Å². The first kappa shape index (κ1) is 20.5. The lowest BCUT2D eigenvalue weighted by atomic mass is 9.77. The van der Waals surface area contributed by atoms with E-state index in [2.05, 4.69) is 0 Å². The predicted octanol–water partition coefficient (Wildman–Crippen LogP) is 3.41. The average Bonchev–Trinajstić information content (AvgIpc) is 2.71. The van der Waals surface area contributed by atoms with Crippen molar-refractivity contribution in [1.29, 1.82) is 0 Å². The van der Waals surface area contributed by atoms with Gasteiger partial charge in [-0.05, 0) is 56.9 Å². The van der Waals surface area contributed by atoms with Gasteiger partial charge in [0.25, 0.3) is 0 Å². The average molecular weight is 372 g/mol. The van der Waals surface area contributed by atoms with Gasteiger partial charge in [0.1, 0.15) is 0 Å². The summed E-state index contributed by atoms with van der Waals surface area (Å²) in [4.78, 5) is 11.1. The Morgan fingerprint density at radius 2 is 1.69 bits per heavy atom. The highest BCUT2D eigenvalue weighted by atomic mass is 19.4. The topological polar surface area (TPSA) is 76.0 Å². The summed E-state index contributed by atoms with van der Waals surface area (Å²) < 4.78 is 50.6. The third-order valence-electron chi connectivity index (χ3n) is 4.62. The lowest BCUT2D eigenvalue weighted by molar-refractivity contribution is -0.137. The first-order valence-electron chi connectivity index (χ1n) is 7.89. The van der Waals surface area contributed by atoms with Gasteiger partial charge in [-0.15, -0.1) is 0 Å². The van der Waals surface area contributed by atoms with Gasteiger partial charge in [0.15, 0.2) is 0 Å². The number of aliphatic hydroxyl groups is 1. The molecule has 0 atom stereocenters. The van der Waals surface area contributed by atoms with Crippen LogP contribution in [0.15, 0.2) is 23.7 Å². The maximum Gasteiger partial charge on any atom is 0.492 e. The van der Waals surface area contributed by atoms with Crippen molar-refractivity contribution in [2.45, 2.75) is 45.1 Å². The lowest BCUT2D eigenvalue weighted by Gasteiger charge is -2.32. The van der Waals surface area contributed by atoms with Crippen LogP contribution in [0.3, 0.4) is 0 Å². The monoisotopic (exact) mass is 372 g/mol. The van der Waals surface area contributed by atoms with Gasteiger partial charge in [-0.3, -0.25) is 0 Å². The van der Waals surface area contributed by atoms with Crippen molar-refractivity contribution in [3.63, 3.8) is 0 Å². The summed E-state index contributed by atoms with van der Waals surface area (Å²) in [7, 11) is -0.951. The molecular weight excluding hydrogens is 352 g/mol. The molecule has 26 heavy (non-hydrogen) atoms. The first-order chi connectivity index (χ1) is 11.8. The lowest BCUT2D eigenvalue weighted by Crippen LogP contribution is -2.41. The van der Waals surface area contributed by atoms with Crippen LogP contribution in [0.2, 0.25) is 0 Å². The fourth-order valence-electron chi connectivity index (χ4n) is 2.42. The van der Waals surface area contributed by atoms with Crippen molar-refractivity contribution in [3.05, 3.63) is 40.4 Å². The molecule has 1 heterocycles. The summed E-state index contributed by atoms with van der Waals surface area (Å²) >= 11 is 0. The van der Waals surface area contributed by atoms with Crippen LogP contribution in [0.4, 0.5) is 13.2 Å². The second-order valence-corrected chi connectivity index (χ2v) is 7.11. The number of rotatable bonds is 4. The maximum absolute atomic E-state index is 13.0. The molecule has 142 valence electrons. The molecule has 0 saturated carbocycles. The molecule has 0 radical (unpaired) electrons. The van der Waals surface area contributed by atoms with E-state index in [1.54, 1.807) is 27.7 Å². The van der Waals surface area contributed by atoms with Crippen molar-refractivity contribution >= 4 is 19.2 Å². The Hall–Kier alpha value is -1.84. The Bertz CT molecular complexity index is 724. The predicted molar refractivity (Wildman–Crippen MR) is 89.5 cm³/mol. The van der Waals surface area contributed by atoms with Crippen LogP contribution in [-0.2, 0) is 15.5 Å². The zero-order valence-electron chi connectivity index (χ0n) is 14.8. The normalized spacial score (nSPS) is 19.7. The van der Waals surface area contributed by atoms with Crippen LogP contribution in [0.5, 0.6) is 0 Å². The maximum atomic E-state index is 13.0. The largest absolute Gasteiger partial charge is 0.492 e. The molecule has 2 rings (SSSR count). The molecule has 0 spiro atoms. The Labute approximate surface area is 149 Å². The van der Waals surface area contributed by atoms with Crippen molar-refractivity contribution in [2.75, 3.05) is 6.61 Å². The molecule has 1 saturated heterocycles. The minimum atomic E-state index is -4.70. The number of carboxylic acid groups (broad SMARTS) is 1. The van der Waals surface area contributed by atoms with E-state index in [9.17, 15) is 23.1 Å². The smallest absolute Gasteiger partial charge is 0.478 e. The first-order valence-corrected chi connectivity index (χ1v) is 7.89. The van der Waals surface area contributed by atoms with Gasteiger partial charge in [0.05, 0.1) is 28.9 Å². The fraction of sp³-hybridized carbons (Fsp3) is 0.471. The molecule has 0 unspecified atom stereocenters. The van der Waals surface area contributed by atoms with E-state index in [0.29, 0.717) is 6.07 Å². The second-order valence-electron chi connectivity index (χ2n) is 7.11. The molecule has 0 aliphatic carbocycles. The molecule has 9 heteroatoms. The van der Waals surface area contributed by atoms with E-state index < -0.39 is 48.2 Å². The van der Waals surface area contributed by atoms with Crippen LogP contribution in [0, 0.1) is 0 Å². The minimum absolute atomic E-state index is 0.0176. The molecular formula is C17H20BF3O5. The third-order valence-corrected chi connectivity index (χ3v) is 4.62. The van der Waals surface area contributed by atoms with Crippen LogP contribution in [0.1, 0.15) is 49.2 Å². The van der Waals surface area contributed by atoms with Gasteiger partial charge < -0.3 is 19.5 Å². The number of alkyl halides is 3. The van der Waals surface area contributed by atoms with Crippen LogP contribution in [-0.4, -0.2) is 41.1 Å². The summed E-state index contributed by atoms with van der Waals surface area (Å²) in [5.74, 6) is -1.48. The van der Waals surface area contributed by atoms with Gasteiger partial charge in [0, 0.05) is 0 Å². The molecule has 1 aromatic rings. The molecule has 1 aliphatic heterocycles. The molecule has 0 aromatic heterocycles. The molecule has 1 fully saturated rings. The summed E-state index contributed by atoms with van der Waals surface area (Å²) in [5.41, 5.74) is -2.79. The van der Waals surface area contributed by atoms with E-state index in [1.807, 2.05) is 0 Å².